The maximum Gasteiger partial charge on any atom is 0.317 e. The van der Waals surface area contributed by atoms with Crippen LogP contribution < -0.4 is 5.32 Å². The van der Waals surface area contributed by atoms with Crippen LogP contribution in [-0.2, 0) is 4.79 Å². The fourth-order valence-corrected chi connectivity index (χ4v) is 1.99. The molecule has 6 nitrogen and oxygen atoms in total. The summed E-state index contributed by atoms with van der Waals surface area (Å²) < 4.78 is 0. The van der Waals surface area contributed by atoms with Gasteiger partial charge in [-0.2, -0.15) is 0 Å². The Labute approximate surface area is 108 Å². The number of carboxylic acid groups (broad SMARTS) is 1. The molecule has 0 unspecified atom stereocenters. The van der Waals surface area contributed by atoms with Crippen LogP contribution in [0.25, 0.3) is 0 Å². The van der Waals surface area contributed by atoms with Gasteiger partial charge in [-0.3, -0.25) is 9.69 Å². The van der Waals surface area contributed by atoms with E-state index in [4.69, 9.17) is 5.11 Å². The van der Waals surface area contributed by atoms with Crippen molar-refractivity contribution < 1.29 is 14.7 Å². The van der Waals surface area contributed by atoms with Crippen molar-refractivity contribution in [2.45, 2.75) is 32.7 Å². The molecule has 6 heteroatoms. The normalized spacial score (nSPS) is 16.9. The van der Waals surface area contributed by atoms with Crippen LogP contribution in [0.2, 0.25) is 0 Å². The van der Waals surface area contributed by atoms with E-state index in [1.807, 2.05) is 0 Å². The molecule has 104 valence electrons. The van der Waals surface area contributed by atoms with Crippen molar-refractivity contribution in [3.8, 4) is 0 Å². The standard InChI is InChI=1S/C12H23N3O3/c1-10(2)14-6-8-15(9-7-14)12(18)13-5-3-4-11(16)17/h10H,3-9H2,1-2H3,(H,13,18)(H,16,17). The highest BCUT2D eigenvalue weighted by atomic mass is 16.4. The van der Waals surface area contributed by atoms with Crippen LogP contribution in [0.3, 0.4) is 0 Å². The van der Waals surface area contributed by atoms with Crippen molar-refractivity contribution >= 4 is 12.0 Å². The lowest BCUT2D eigenvalue weighted by molar-refractivity contribution is -0.137. The van der Waals surface area contributed by atoms with Crippen molar-refractivity contribution in [2.75, 3.05) is 32.7 Å². The van der Waals surface area contributed by atoms with Crippen LogP contribution >= 0.6 is 0 Å². The Balaban J connectivity index is 2.18. The number of hydrogen-bond acceptors (Lipinski definition) is 3. The second-order valence-corrected chi connectivity index (χ2v) is 4.85. The van der Waals surface area contributed by atoms with Gasteiger partial charge in [-0.25, -0.2) is 4.79 Å². The minimum atomic E-state index is -0.824. The lowest BCUT2D eigenvalue weighted by Crippen LogP contribution is -2.53. The van der Waals surface area contributed by atoms with E-state index in [-0.39, 0.29) is 12.5 Å². The quantitative estimate of drug-likeness (QED) is 0.707. The molecule has 0 atom stereocenters. The zero-order chi connectivity index (χ0) is 13.5. The van der Waals surface area contributed by atoms with Gasteiger partial charge in [-0.15, -0.1) is 0 Å². The lowest BCUT2D eigenvalue weighted by atomic mass is 10.2. The van der Waals surface area contributed by atoms with Crippen LogP contribution in [0.15, 0.2) is 0 Å². The van der Waals surface area contributed by atoms with Crippen molar-refractivity contribution in [2.24, 2.45) is 0 Å². The number of carboxylic acids is 1. The Morgan fingerprint density at radius 1 is 1.22 bits per heavy atom. The number of piperazine rings is 1. The number of nitrogens with zero attached hydrogens (tertiary/aromatic N) is 2. The fraction of sp³-hybridized carbons (Fsp3) is 0.833. The zero-order valence-corrected chi connectivity index (χ0v) is 11.2. The molecule has 0 aromatic carbocycles. The monoisotopic (exact) mass is 257 g/mol. The van der Waals surface area contributed by atoms with E-state index < -0.39 is 5.97 Å². The number of hydrogen-bond donors (Lipinski definition) is 2. The molecule has 0 aromatic heterocycles. The highest BCUT2D eigenvalue weighted by molar-refractivity contribution is 5.74. The first-order valence-electron chi connectivity index (χ1n) is 6.49. The van der Waals surface area contributed by atoms with Crippen LogP contribution in [0.5, 0.6) is 0 Å². The first-order valence-corrected chi connectivity index (χ1v) is 6.49. The highest BCUT2D eigenvalue weighted by Gasteiger charge is 2.21. The molecule has 18 heavy (non-hydrogen) atoms. The maximum atomic E-state index is 11.8. The molecule has 2 N–H and O–H groups in total. The van der Waals surface area contributed by atoms with Gasteiger partial charge in [0.15, 0.2) is 0 Å². The smallest absolute Gasteiger partial charge is 0.317 e. The summed E-state index contributed by atoms with van der Waals surface area (Å²) in [5.74, 6) is -0.824. The first-order chi connectivity index (χ1) is 8.50. The van der Waals surface area contributed by atoms with E-state index in [2.05, 4.69) is 24.1 Å². The van der Waals surface area contributed by atoms with Gasteiger partial charge >= 0.3 is 12.0 Å². The molecule has 1 aliphatic rings. The molecule has 0 bridgehead atoms. The minimum Gasteiger partial charge on any atom is -0.481 e. The summed E-state index contributed by atoms with van der Waals surface area (Å²) >= 11 is 0. The Kier molecular flexibility index (Phi) is 5.91. The van der Waals surface area contributed by atoms with Crippen molar-refractivity contribution in [1.82, 2.24) is 15.1 Å². The van der Waals surface area contributed by atoms with Gasteiger partial charge in [0.05, 0.1) is 0 Å². The minimum absolute atomic E-state index is 0.0798. The van der Waals surface area contributed by atoms with Gasteiger partial charge < -0.3 is 15.3 Å². The first kappa shape index (κ1) is 14.8. The summed E-state index contributed by atoms with van der Waals surface area (Å²) in [7, 11) is 0. The summed E-state index contributed by atoms with van der Waals surface area (Å²) in [6.45, 7) is 8.02. The zero-order valence-electron chi connectivity index (χ0n) is 11.2. The van der Waals surface area contributed by atoms with Crippen LogP contribution in [0.1, 0.15) is 26.7 Å². The van der Waals surface area contributed by atoms with Gasteiger partial charge in [0.2, 0.25) is 0 Å². The molecule has 0 saturated carbocycles. The number of carbonyl (C=O) groups excluding carboxylic acids is 1. The van der Waals surface area contributed by atoms with Gasteiger partial charge in [-0.05, 0) is 20.3 Å². The number of rotatable bonds is 5. The van der Waals surface area contributed by atoms with E-state index in [0.717, 1.165) is 26.2 Å². The third-order valence-corrected chi connectivity index (χ3v) is 3.18. The molecule has 1 saturated heterocycles. The van der Waals surface area contributed by atoms with Crippen LogP contribution in [0, 0.1) is 0 Å². The number of amides is 2. The molecule has 0 aromatic rings. The molecule has 2 amide bonds. The summed E-state index contributed by atoms with van der Waals surface area (Å²) in [6.07, 6.45) is 0.578. The maximum absolute atomic E-state index is 11.8. The summed E-state index contributed by atoms with van der Waals surface area (Å²) in [5.41, 5.74) is 0. The summed E-state index contributed by atoms with van der Waals surface area (Å²) in [5, 5.41) is 11.2. The van der Waals surface area contributed by atoms with Crippen molar-refractivity contribution in [3.63, 3.8) is 0 Å². The Morgan fingerprint density at radius 3 is 2.33 bits per heavy atom. The number of carbonyl (C=O) groups is 2. The summed E-state index contributed by atoms with van der Waals surface area (Å²) in [4.78, 5) is 26.2. The van der Waals surface area contributed by atoms with Crippen molar-refractivity contribution in [3.05, 3.63) is 0 Å². The average Bonchev–Trinajstić information content (AvgIpc) is 2.34. The molecule has 0 aliphatic carbocycles. The van der Waals surface area contributed by atoms with Gasteiger partial charge in [0.1, 0.15) is 0 Å². The van der Waals surface area contributed by atoms with E-state index in [1.54, 1.807) is 4.90 Å². The average molecular weight is 257 g/mol. The van der Waals surface area contributed by atoms with Gasteiger partial charge in [-0.1, -0.05) is 0 Å². The predicted octanol–water partition coefficient (Wildman–Crippen LogP) is 0.587. The molecule has 1 rings (SSSR count). The summed E-state index contributed by atoms with van der Waals surface area (Å²) in [6, 6.07) is 0.439. The number of nitrogens with one attached hydrogen (secondary N) is 1. The Morgan fingerprint density at radius 2 is 1.83 bits per heavy atom. The second kappa shape index (κ2) is 7.20. The SMILES string of the molecule is CC(C)N1CCN(C(=O)NCCCC(=O)O)CC1. The topological polar surface area (TPSA) is 72.9 Å². The molecular weight excluding hydrogens is 234 g/mol. The van der Waals surface area contributed by atoms with Crippen LogP contribution in [-0.4, -0.2) is 65.7 Å². The third-order valence-electron chi connectivity index (χ3n) is 3.18. The molecule has 1 aliphatic heterocycles. The lowest BCUT2D eigenvalue weighted by Gasteiger charge is -2.36. The largest absolute Gasteiger partial charge is 0.481 e. The molecule has 0 spiro atoms. The van der Waals surface area contributed by atoms with E-state index in [9.17, 15) is 9.59 Å². The molecule has 1 heterocycles. The van der Waals surface area contributed by atoms with Crippen molar-refractivity contribution in [1.29, 1.82) is 0 Å². The Hall–Kier alpha value is -1.30. The van der Waals surface area contributed by atoms with E-state index >= 15 is 0 Å². The molecule has 0 radical (unpaired) electrons. The number of urea groups is 1. The number of aliphatic carboxylic acids is 1. The van der Waals surface area contributed by atoms with Gasteiger partial charge in [0.25, 0.3) is 0 Å². The predicted molar refractivity (Wildman–Crippen MR) is 68.6 cm³/mol. The van der Waals surface area contributed by atoms with E-state index in [1.165, 1.54) is 0 Å². The Bertz CT molecular complexity index is 286. The fourth-order valence-electron chi connectivity index (χ4n) is 1.99. The highest BCUT2D eigenvalue weighted by Crippen LogP contribution is 2.05. The van der Waals surface area contributed by atoms with Crippen LogP contribution in [0.4, 0.5) is 4.79 Å². The second-order valence-electron chi connectivity index (χ2n) is 4.85. The van der Waals surface area contributed by atoms with E-state index in [0.29, 0.717) is 19.0 Å². The molecule has 1 fully saturated rings. The molecular formula is C12H23N3O3. The van der Waals surface area contributed by atoms with Gasteiger partial charge in [0, 0.05) is 45.2 Å². The third kappa shape index (κ3) is 4.91.